The number of fused-ring (bicyclic) bond motifs is 1. The van der Waals surface area contributed by atoms with E-state index in [1.165, 1.54) is 11.3 Å². The van der Waals surface area contributed by atoms with Crippen molar-refractivity contribution in [2.75, 3.05) is 11.9 Å². The van der Waals surface area contributed by atoms with Gasteiger partial charge in [0.25, 0.3) is 5.91 Å². The Morgan fingerprint density at radius 2 is 1.92 bits per heavy atom. The number of amides is 1. The van der Waals surface area contributed by atoms with Gasteiger partial charge in [-0.25, -0.2) is 4.98 Å². The Labute approximate surface area is 145 Å². The van der Waals surface area contributed by atoms with Crippen molar-refractivity contribution in [3.8, 4) is 0 Å². The lowest BCUT2D eigenvalue weighted by Crippen LogP contribution is -2.29. The number of hydrogen-bond acceptors (Lipinski definition) is 6. The highest BCUT2D eigenvalue weighted by molar-refractivity contribution is 7.16. The molecular formula is C15H11ClN4O3S. The number of aliphatic carboxylic acids is 1. The van der Waals surface area contributed by atoms with Crippen molar-refractivity contribution >= 4 is 56.5 Å². The highest BCUT2D eigenvalue weighted by atomic mass is 35.5. The number of hydrogen-bond donors (Lipinski definition) is 3. The van der Waals surface area contributed by atoms with Crippen molar-refractivity contribution in [3.05, 3.63) is 46.6 Å². The number of anilines is 2. The third kappa shape index (κ3) is 3.61. The van der Waals surface area contributed by atoms with E-state index in [-0.39, 0.29) is 5.28 Å². The van der Waals surface area contributed by atoms with Crippen LogP contribution in [0.1, 0.15) is 10.4 Å². The molecule has 0 aliphatic heterocycles. The topological polar surface area (TPSA) is 104 Å². The zero-order valence-corrected chi connectivity index (χ0v) is 13.7. The summed E-state index contributed by atoms with van der Waals surface area (Å²) in [5.74, 6) is -0.967. The summed E-state index contributed by atoms with van der Waals surface area (Å²) >= 11 is 7.38. The lowest BCUT2D eigenvalue weighted by molar-refractivity contribution is -0.135. The van der Waals surface area contributed by atoms with Crippen LogP contribution in [0.3, 0.4) is 0 Å². The lowest BCUT2D eigenvalue weighted by atomic mass is 10.2. The zero-order chi connectivity index (χ0) is 17.1. The van der Waals surface area contributed by atoms with Gasteiger partial charge < -0.3 is 15.7 Å². The van der Waals surface area contributed by atoms with E-state index in [1.807, 2.05) is 11.4 Å². The molecule has 0 saturated heterocycles. The number of rotatable bonds is 5. The van der Waals surface area contributed by atoms with Crippen LogP contribution in [0.4, 0.5) is 11.5 Å². The van der Waals surface area contributed by atoms with Crippen molar-refractivity contribution in [3.63, 3.8) is 0 Å². The molecule has 1 amide bonds. The zero-order valence-electron chi connectivity index (χ0n) is 12.1. The summed E-state index contributed by atoms with van der Waals surface area (Å²) in [5.41, 5.74) is 1.08. The predicted molar refractivity (Wildman–Crippen MR) is 92.1 cm³/mol. The summed E-state index contributed by atoms with van der Waals surface area (Å²) < 4.78 is 0. The number of carbonyl (C=O) groups is 2. The highest BCUT2D eigenvalue weighted by Crippen LogP contribution is 2.28. The van der Waals surface area contributed by atoms with Gasteiger partial charge >= 0.3 is 5.97 Å². The maximum absolute atomic E-state index is 11.8. The smallest absolute Gasteiger partial charge is 0.322 e. The second-order valence-corrected chi connectivity index (χ2v) is 5.99. The van der Waals surface area contributed by atoms with Crippen molar-refractivity contribution < 1.29 is 14.7 Å². The van der Waals surface area contributed by atoms with Crippen LogP contribution in [0.5, 0.6) is 0 Å². The monoisotopic (exact) mass is 362 g/mol. The van der Waals surface area contributed by atoms with Crippen LogP contribution in [0.25, 0.3) is 10.2 Å². The molecule has 2 aromatic heterocycles. The van der Waals surface area contributed by atoms with Gasteiger partial charge in [0, 0.05) is 11.3 Å². The van der Waals surface area contributed by atoms with E-state index in [1.54, 1.807) is 24.3 Å². The second-order valence-electron chi connectivity index (χ2n) is 4.76. The summed E-state index contributed by atoms with van der Waals surface area (Å²) in [5, 5.41) is 16.9. The summed E-state index contributed by atoms with van der Waals surface area (Å²) in [6, 6.07) is 8.47. The fraction of sp³-hybridized carbons (Fsp3) is 0.0667. The van der Waals surface area contributed by atoms with Gasteiger partial charge in [-0.1, -0.05) is 0 Å². The number of nitrogens with one attached hydrogen (secondary N) is 2. The first-order valence-electron chi connectivity index (χ1n) is 6.81. The van der Waals surface area contributed by atoms with E-state index in [0.717, 1.165) is 10.2 Å². The molecule has 0 spiro atoms. The van der Waals surface area contributed by atoms with Gasteiger partial charge in [0.15, 0.2) is 0 Å². The van der Waals surface area contributed by atoms with Gasteiger partial charge in [-0.2, -0.15) is 4.98 Å². The van der Waals surface area contributed by atoms with E-state index in [9.17, 15) is 9.59 Å². The highest BCUT2D eigenvalue weighted by Gasteiger charge is 2.10. The van der Waals surface area contributed by atoms with E-state index in [4.69, 9.17) is 16.7 Å². The second kappa shape index (κ2) is 6.81. The summed E-state index contributed by atoms with van der Waals surface area (Å²) in [6.07, 6.45) is 0. The molecule has 3 rings (SSSR count). The number of thiophene rings is 1. The van der Waals surface area contributed by atoms with Gasteiger partial charge in [0.05, 0.1) is 5.39 Å². The molecule has 0 radical (unpaired) electrons. The first-order valence-corrected chi connectivity index (χ1v) is 8.06. The minimum absolute atomic E-state index is 0.150. The largest absolute Gasteiger partial charge is 0.480 e. The van der Waals surface area contributed by atoms with Crippen LogP contribution < -0.4 is 10.6 Å². The number of carbonyl (C=O) groups excluding carboxylic acids is 1. The SMILES string of the molecule is O=C(O)CNC(=O)c1ccc(Nc2nc(Cl)nc3sccc23)cc1. The number of benzene rings is 1. The number of halogens is 1. The average molecular weight is 363 g/mol. The number of aromatic nitrogens is 2. The molecule has 0 bridgehead atoms. The molecule has 0 unspecified atom stereocenters. The van der Waals surface area contributed by atoms with E-state index in [0.29, 0.717) is 17.1 Å². The molecule has 24 heavy (non-hydrogen) atoms. The normalized spacial score (nSPS) is 10.5. The summed E-state index contributed by atoms with van der Waals surface area (Å²) in [6.45, 7) is -0.422. The van der Waals surface area contributed by atoms with Gasteiger partial charge in [0.1, 0.15) is 17.2 Å². The molecule has 7 nitrogen and oxygen atoms in total. The van der Waals surface area contributed by atoms with Crippen molar-refractivity contribution in [2.45, 2.75) is 0 Å². The maximum Gasteiger partial charge on any atom is 0.322 e. The first kappa shape index (κ1) is 16.2. The Kier molecular flexibility index (Phi) is 4.59. The predicted octanol–water partition coefficient (Wildman–Crippen LogP) is 2.90. The standard InChI is InChI=1S/C15H11ClN4O3S/c16-15-19-12(10-5-6-24-14(10)20-15)18-9-3-1-8(2-4-9)13(23)17-7-11(21)22/h1-6H,7H2,(H,17,23)(H,21,22)(H,18,19,20). The van der Waals surface area contributed by atoms with Crippen LogP contribution in [0.15, 0.2) is 35.7 Å². The molecular weight excluding hydrogens is 352 g/mol. The first-order chi connectivity index (χ1) is 11.5. The number of nitrogens with zero attached hydrogens (tertiary/aromatic N) is 2. The van der Waals surface area contributed by atoms with Gasteiger partial charge in [-0.05, 0) is 47.3 Å². The van der Waals surface area contributed by atoms with Crippen LogP contribution in [0.2, 0.25) is 5.28 Å². The fourth-order valence-electron chi connectivity index (χ4n) is 2.02. The molecule has 0 aliphatic carbocycles. The van der Waals surface area contributed by atoms with E-state index >= 15 is 0 Å². The number of carboxylic acids is 1. The van der Waals surface area contributed by atoms with E-state index < -0.39 is 18.4 Å². The molecule has 2 heterocycles. The van der Waals surface area contributed by atoms with Crippen molar-refractivity contribution in [1.29, 1.82) is 0 Å². The van der Waals surface area contributed by atoms with Crippen LogP contribution in [-0.2, 0) is 4.79 Å². The Bertz CT molecular complexity index is 911. The third-order valence-corrected chi connectivity index (χ3v) is 4.08. The third-order valence-electron chi connectivity index (χ3n) is 3.11. The molecule has 9 heteroatoms. The molecule has 3 N–H and O–H groups in total. The Balaban J connectivity index is 1.77. The number of carboxylic acid groups (broad SMARTS) is 1. The van der Waals surface area contributed by atoms with Gasteiger partial charge in [-0.3, -0.25) is 9.59 Å². The average Bonchev–Trinajstić information content (AvgIpc) is 3.01. The Hall–Kier alpha value is -2.71. The summed E-state index contributed by atoms with van der Waals surface area (Å²) in [7, 11) is 0. The van der Waals surface area contributed by atoms with Gasteiger partial charge in [-0.15, -0.1) is 11.3 Å². The van der Waals surface area contributed by atoms with Crippen LogP contribution >= 0.6 is 22.9 Å². The molecule has 122 valence electrons. The maximum atomic E-state index is 11.8. The van der Waals surface area contributed by atoms with Crippen molar-refractivity contribution in [2.24, 2.45) is 0 Å². The molecule has 0 atom stereocenters. The summed E-state index contributed by atoms with van der Waals surface area (Å²) in [4.78, 5) is 31.3. The van der Waals surface area contributed by atoms with E-state index in [2.05, 4.69) is 20.6 Å². The van der Waals surface area contributed by atoms with Gasteiger partial charge in [0.2, 0.25) is 5.28 Å². The molecule has 3 aromatic rings. The quantitative estimate of drug-likeness (QED) is 0.603. The molecule has 1 aromatic carbocycles. The lowest BCUT2D eigenvalue weighted by Gasteiger charge is -2.08. The van der Waals surface area contributed by atoms with Crippen LogP contribution in [-0.4, -0.2) is 33.5 Å². The minimum atomic E-state index is -1.10. The minimum Gasteiger partial charge on any atom is -0.480 e. The van der Waals surface area contributed by atoms with Crippen LogP contribution in [0, 0.1) is 0 Å². The molecule has 0 fully saturated rings. The Morgan fingerprint density at radius 3 is 2.62 bits per heavy atom. The van der Waals surface area contributed by atoms with Crippen molar-refractivity contribution in [1.82, 2.24) is 15.3 Å². The Morgan fingerprint density at radius 1 is 1.17 bits per heavy atom. The molecule has 0 saturated carbocycles. The fourth-order valence-corrected chi connectivity index (χ4v) is 3.01. The molecule has 0 aliphatic rings.